The molecular formula is C11H28NO4Si+. The first kappa shape index (κ1) is 17.0. The van der Waals surface area contributed by atoms with Crippen LogP contribution in [0.1, 0.15) is 13.8 Å². The highest BCUT2D eigenvalue weighted by Crippen LogP contribution is 2.17. The molecule has 104 valence electrons. The monoisotopic (exact) mass is 266 g/mol. The van der Waals surface area contributed by atoms with Gasteiger partial charge in [-0.15, -0.1) is 0 Å². The molecule has 6 heteroatoms. The Morgan fingerprint density at radius 2 is 1.41 bits per heavy atom. The molecule has 0 aromatic heterocycles. The van der Waals surface area contributed by atoms with E-state index >= 15 is 0 Å². The van der Waals surface area contributed by atoms with Crippen molar-refractivity contribution in [3.8, 4) is 0 Å². The van der Waals surface area contributed by atoms with E-state index in [1.54, 1.807) is 21.3 Å². The van der Waals surface area contributed by atoms with E-state index in [2.05, 4.69) is 13.8 Å². The minimum absolute atomic E-state index is 0.211. The number of hydrogen-bond donors (Lipinski definition) is 1. The van der Waals surface area contributed by atoms with Gasteiger partial charge in [-0.2, -0.15) is 0 Å². The molecule has 17 heavy (non-hydrogen) atoms. The third-order valence-corrected chi connectivity index (χ3v) is 6.44. The highest BCUT2D eigenvalue weighted by Gasteiger charge is 2.40. The molecule has 0 heterocycles. The molecule has 0 saturated heterocycles. The second-order valence-corrected chi connectivity index (χ2v) is 7.28. The molecule has 0 aliphatic carbocycles. The number of rotatable bonds is 10. The fraction of sp³-hybridized carbons (Fsp3) is 1.00. The molecule has 5 nitrogen and oxygen atoms in total. The molecule has 0 saturated carbocycles. The largest absolute Gasteiger partial charge is 0.505 e. The average molecular weight is 266 g/mol. The normalized spacial score (nSPS) is 13.1. The van der Waals surface area contributed by atoms with Gasteiger partial charge in [-0.05, 0) is 13.8 Å². The van der Waals surface area contributed by atoms with Crippen LogP contribution in [0, 0.1) is 0 Å². The Hall–Kier alpha value is 0.0169. The molecule has 0 aromatic rings. The van der Waals surface area contributed by atoms with E-state index in [4.69, 9.17) is 18.4 Å². The van der Waals surface area contributed by atoms with Gasteiger partial charge in [0.25, 0.3) is 0 Å². The fourth-order valence-corrected chi connectivity index (χ4v) is 3.97. The zero-order chi connectivity index (χ0) is 13.4. The Kier molecular flexibility index (Phi) is 8.19. The van der Waals surface area contributed by atoms with Gasteiger partial charge in [0.1, 0.15) is 6.54 Å². The van der Waals surface area contributed by atoms with Crippen LogP contribution in [0.2, 0.25) is 6.04 Å². The van der Waals surface area contributed by atoms with Crippen molar-refractivity contribution in [3.63, 3.8) is 0 Å². The molecule has 0 atom stereocenters. The second-order valence-electron chi connectivity index (χ2n) is 4.19. The number of hydrogen-bond acceptors (Lipinski definition) is 4. The van der Waals surface area contributed by atoms with E-state index in [0.717, 1.165) is 36.7 Å². The summed E-state index contributed by atoms with van der Waals surface area (Å²) in [6.45, 7) is 8.19. The Balaban J connectivity index is 4.56. The predicted molar refractivity (Wildman–Crippen MR) is 69.8 cm³/mol. The molecular weight excluding hydrogens is 238 g/mol. The van der Waals surface area contributed by atoms with Crippen molar-refractivity contribution in [2.24, 2.45) is 0 Å². The summed E-state index contributed by atoms with van der Waals surface area (Å²) in [5, 5.41) is 9.17. The summed E-state index contributed by atoms with van der Waals surface area (Å²) in [7, 11) is 2.42. The molecule has 0 unspecified atom stereocenters. The maximum atomic E-state index is 9.17. The van der Waals surface area contributed by atoms with Crippen LogP contribution in [-0.2, 0) is 13.3 Å². The predicted octanol–water partition coefficient (Wildman–Crippen LogP) is 0.713. The molecule has 0 aliphatic heterocycles. The lowest BCUT2D eigenvalue weighted by Gasteiger charge is -2.38. The fourth-order valence-electron chi connectivity index (χ4n) is 2.11. The van der Waals surface area contributed by atoms with Crippen molar-refractivity contribution in [3.05, 3.63) is 0 Å². The number of aliphatic hydroxyl groups is 1. The van der Waals surface area contributed by atoms with Crippen LogP contribution in [0.4, 0.5) is 0 Å². The molecule has 0 aliphatic rings. The van der Waals surface area contributed by atoms with E-state index in [1.807, 2.05) is 0 Å². The molecule has 1 N–H and O–H groups in total. The van der Waals surface area contributed by atoms with Crippen LogP contribution in [0.5, 0.6) is 0 Å². The third kappa shape index (κ3) is 4.65. The number of quaternary nitrogens is 1. The van der Waals surface area contributed by atoms with Crippen molar-refractivity contribution in [1.82, 2.24) is 0 Å². The molecule has 0 bridgehead atoms. The first-order valence-corrected chi connectivity index (χ1v) is 8.12. The van der Waals surface area contributed by atoms with Crippen molar-refractivity contribution >= 4 is 8.80 Å². The van der Waals surface area contributed by atoms with E-state index in [0.29, 0.717) is 0 Å². The maximum absolute atomic E-state index is 9.17. The Morgan fingerprint density at radius 3 is 1.71 bits per heavy atom. The lowest BCUT2D eigenvalue weighted by atomic mass is 10.3. The number of likely N-dealkylation sites (N-methyl/N-ethyl adjacent to an activating group) is 1. The maximum Gasteiger partial charge on any atom is 0.505 e. The quantitative estimate of drug-likeness (QED) is 0.467. The summed E-state index contributed by atoms with van der Waals surface area (Å²) in [6, 6.07) is 0.776. The summed E-state index contributed by atoms with van der Waals surface area (Å²) < 4.78 is 17.1. The first-order valence-electron chi connectivity index (χ1n) is 6.19. The van der Waals surface area contributed by atoms with E-state index in [1.165, 1.54) is 0 Å². The van der Waals surface area contributed by atoms with Crippen LogP contribution in [0.25, 0.3) is 0 Å². The zero-order valence-electron chi connectivity index (χ0n) is 11.9. The summed E-state index contributed by atoms with van der Waals surface area (Å²) >= 11 is 0. The lowest BCUT2D eigenvalue weighted by Crippen LogP contribution is -2.54. The van der Waals surface area contributed by atoms with Crippen molar-refractivity contribution in [1.29, 1.82) is 0 Å². The van der Waals surface area contributed by atoms with Crippen molar-refractivity contribution < 1.29 is 22.9 Å². The molecule has 0 rings (SSSR count). The zero-order valence-corrected chi connectivity index (χ0v) is 12.9. The summed E-state index contributed by atoms with van der Waals surface area (Å²) in [6.07, 6.45) is 0. The Labute approximate surface area is 106 Å². The van der Waals surface area contributed by atoms with Crippen molar-refractivity contribution in [2.75, 3.05) is 54.1 Å². The van der Waals surface area contributed by atoms with Gasteiger partial charge in [-0.3, -0.25) is 0 Å². The van der Waals surface area contributed by atoms with Gasteiger partial charge < -0.3 is 22.9 Å². The third-order valence-electron chi connectivity index (χ3n) is 3.74. The van der Waals surface area contributed by atoms with Crippen molar-refractivity contribution in [2.45, 2.75) is 19.9 Å². The van der Waals surface area contributed by atoms with Crippen LogP contribution < -0.4 is 0 Å². The molecule has 0 amide bonds. The Morgan fingerprint density at radius 1 is 0.941 bits per heavy atom. The number of aliphatic hydroxyl groups excluding tert-OH is 1. The average Bonchev–Trinajstić information content (AvgIpc) is 2.39. The SMILES string of the molecule is CC[N+](CC)(CCO)CC[Si](OC)(OC)OC. The second kappa shape index (κ2) is 8.18. The smallest absolute Gasteiger partial charge is 0.391 e. The van der Waals surface area contributed by atoms with Gasteiger partial charge >= 0.3 is 8.80 Å². The van der Waals surface area contributed by atoms with Gasteiger partial charge in [-0.25, -0.2) is 0 Å². The van der Waals surface area contributed by atoms with Gasteiger partial charge in [0, 0.05) is 21.3 Å². The standard InChI is InChI=1S/C11H28NO4Si/c1-6-12(7-2,8-10-13)9-11-17(14-3,15-4)16-5/h13H,6-11H2,1-5H3/q+1. The molecule has 0 fully saturated rings. The summed E-state index contributed by atoms with van der Waals surface area (Å²) in [4.78, 5) is 0. The van der Waals surface area contributed by atoms with Gasteiger partial charge in [0.2, 0.25) is 0 Å². The van der Waals surface area contributed by atoms with Crippen LogP contribution >= 0.6 is 0 Å². The van der Waals surface area contributed by atoms with E-state index < -0.39 is 8.80 Å². The van der Waals surface area contributed by atoms with E-state index in [9.17, 15) is 0 Å². The Bertz CT molecular complexity index is 188. The summed E-state index contributed by atoms with van der Waals surface area (Å²) in [5.74, 6) is 0. The topological polar surface area (TPSA) is 47.9 Å². The highest BCUT2D eigenvalue weighted by atomic mass is 28.4. The van der Waals surface area contributed by atoms with E-state index in [-0.39, 0.29) is 6.61 Å². The lowest BCUT2D eigenvalue weighted by molar-refractivity contribution is -0.923. The molecule has 0 aromatic carbocycles. The molecule has 0 spiro atoms. The minimum atomic E-state index is -2.49. The van der Waals surface area contributed by atoms with Crippen LogP contribution in [0.15, 0.2) is 0 Å². The highest BCUT2D eigenvalue weighted by molar-refractivity contribution is 6.60. The minimum Gasteiger partial charge on any atom is -0.391 e. The van der Waals surface area contributed by atoms with Crippen LogP contribution in [-0.4, -0.2) is 72.5 Å². The first-order chi connectivity index (χ1) is 8.07. The van der Waals surface area contributed by atoms with Crippen LogP contribution in [0.3, 0.4) is 0 Å². The van der Waals surface area contributed by atoms with Gasteiger partial charge in [0.05, 0.1) is 32.3 Å². The summed E-state index contributed by atoms with van der Waals surface area (Å²) in [5.41, 5.74) is 0. The van der Waals surface area contributed by atoms with Gasteiger partial charge in [-0.1, -0.05) is 0 Å². The van der Waals surface area contributed by atoms with Gasteiger partial charge in [0.15, 0.2) is 0 Å². The molecule has 0 radical (unpaired) electrons. The number of nitrogens with zero attached hydrogens (tertiary/aromatic N) is 1.